The molecule has 4 N–H and O–H groups in total. The summed E-state index contributed by atoms with van der Waals surface area (Å²) >= 11 is 1.87. The van der Waals surface area contributed by atoms with E-state index >= 15 is 0 Å². The van der Waals surface area contributed by atoms with Crippen molar-refractivity contribution < 1.29 is 0 Å². The first-order valence-electron chi connectivity index (χ1n) is 5.24. The SMILES string of the molecule is CSC(C)CCNc1cc(NN)nc(C)n1. The molecule has 0 fully saturated rings. The van der Waals surface area contributed by atoms with Crippen molar-refractivity contribution in [2.24, 2.45) is 5.84 Å². The Morgan fingerprint density at radius 2 is 2.12 bits per heavy atom. The molecule has 1 unspecified atom stereocenters. The third-order valence-electron chi connectivity index (χ3n) is 2.25. The normalized spacial score (nSPS) is 12.2. The van der Waals surface area contributed by atoms with Crippen LogP contribution < -0.4 is 16.6 Å². The van der Waals surface area contributed by atoms with Crippen LogP contribution in [0.1, 0.15) is 19.2 Å². The van der Waals surface area contributed by atoms with E-state index in [4.69, 9.17) is 5.84 Å². The molecule has 1 aromatic heterocycles. The molecule has 5 nitrogen and oxygen atoms in total. The Balaban J connectivity index is 2.50. The highest BCUT2D eigenvalue weighted by atomic mass is 32.2. The van der Waals surface area contributed by atoms with E-state index in [2.05, 4.69) is 33.9 Å². The molecule has 1 heterocycles. The van der Waals surface area contributed by atoms with Gasteiger partial charge in [-0.05, 0) is 19.6 Å². The fraction of sp³-hybridized carbons (Fsp3) is 0.600. The standard InChI is InChI=1S/C10H19N5S/c1-7(16-3)4-5-12-9-6-10(15-11)14-8(2)13-9/h6-7H,4-5,11H2,1-3H3,(H2,12,13,14,15). The Kier molecular flexibility index (Phi) is 5.34. The van der Waals surface area contributed by atoms with E-state index < -0.39 is 0 Å². The second kappa shape index (κ2) is 6.55. The Bertz CT molecular complexity index is 331. The summed E-state index contributed by atoms with van der Waals surface area (Å²) in [7, 11) is 0. The second-order valence-electron chi connectivity index (χ2n) is 3.59. The fourth-order valence-corrected chi connectivity index (χ4v) is 1.61. The predicted molar refractivity (Wildman–Crippen MR) is 70.7 cm³/mol. The van der Waals surface area contributed by atoms with Crippen LogP contribution in [-0.2, 0) is 0 Å². The molecule has 1 rings (SSSR count). The van der Waals surface area contributed by atoms with Crippen molar-refractivity contribution in [3.63, 3.8) is 0 Å². The number of nitrogens with two attached hydrogens (primary N) is 1. The third-order valence-corrected chi connectivity index (χ3v) is 3.29. The maximum atomic E-state index is 5.31. The van der Waals surface area contributed by atoms with Crippen LogP contribution in [0.4, 0.5) is 11.6 Å². The van der Waals surface area contributed by atoms with Crippen LogP contribution in [0, 0.1) is 6.92 Å². The van der Waals surface area contributed by atoms with Gasteiger partial charge in [0.1, 0.15) is 17.5 Å². The Morgan fingerprint density at radius 3 is 2.75 bits per heavy atom. The van der Waals surface area contributed by atoms with Gasteiger partial charge in [0.25, 0.3) is 0 Å². The third kappa shape index (κ3) is 4.24. The van der Waals surface area contributed by atoms with E-state index in [-0.39, 0.29) is 0 Å². The van der Waals surface area contributed by atoms with Crippen LogP contribution in [-0.4, -0.2) is 28.0 Å². The summed E-state index contributed by atoms with van der Waals surface area (Å²) < 4.78 is 0. The number of hydrazine groups is 1. The number of hydrogen-bond donors (Lipinski definition) is 3. The summed E-state index contributed by atoms with van der Waals surface area (Å²) in [6.07, 6.45) is 3.23. The lowest BCUT2D eigenvalue weighted by Gasteiger charge is -2.10. The fourth-order valence-electron chi connectivity index (χ4n) is 1.25. The highest BCUT2D eigenvalue weighted by Gasteiger charge is 2.02. The van der Waals surface area contributed by atoms with Crippen molar-refractivity contribution in [3.05, 3.63) is 11.9 Å². The molecule has 0 bridgehead atoms. The highest BCUT2D eigenvalue weighted by Crippen LogP contribution is 2.12. The average Bonchev–Trinajstić information content (AvgIpc) is 2.28. The van der Waals surface area contributed by atoms with E-state index in [1.54, 1.807) is 6.07 Å². The molecule has 0 aromatic carbocycles. The zero-order valence-corrected chi connectivity index (χ0v) is 10.8. The zero-order valence-electron chi connectivity index (χ0n) is 9.95. The minimum atomic E-state index is 0.632. The van der Waals surface area contributed by atoms with Crippen molar-refractivity contribution >= 4 is 23.4 Å². The van der Waals surface area contributed by atoms with Gasteiger partial charge >= 0.3 is 0 Å². The average molecular weight is 241 g/mol. The molecule has 1 aromatic rings. The first-order chi connectivity index (χ1) is 7.65. The monoisotopic (exact) mass is 241 g/mol. The number of nitrogen functional groups attached to an aromatic ring is 1. The van der Waals surface area contributed by atoms with E-state index in [1.807, 2.05) is 18.7 Å². The molecule has 0 saturated carbocycles. The molecule has 0 aliphatic carbocycles. The molecule has 0 aliphatic rings. The van der Waals surface area contributed by atoms with Crippen LogP contribution in [0.15, 0.2) is 6.07 Å². The predicted octanol–water partition coefficient (Wildman–Crippen LogP) is 1.62. The van der Waals surface area contributed by atoms with E-state index in [1.165, 1.54) is 0 Å². The van der Waals surface area contributed by atoms with Gasteiger partial charge in [-0.25, -0.2) is 15.8 Å². The number of aromatic nitrogens is 2. The number of aryl methyl sites for hydroxylation is 1. The summed E-state index contributed by atoms with van der Waals surface area (Å²) in [5.41, 5.74) is 2.52. The topological polar surface area (TPSA) is 75.9 Å². The lowest BCUT2D eigenvalue weighted by molar-refractivity contribution is 0.847. The number of nitrogens with one attached hydrogen (secondary N) is 2. The van der Waals surface area contributed by atoms with Gasteiger partial charge in [-0.1, -0.05) is 6.92 Å². The molecule has 0 amide bonds. The van der Waals surface area contributed by atoms with Gasteiger partial charge in [0.15, 0.2) is 0 Å². The van der Waals surface area contributed by atoms with Crippen molar-refractivity contribution in [1.82, 2.24) is 9.97 Å². The molecule has 90 valence electrons. The first kappa shape index (κ1) is 13.1. The zero-order chi connectivity index (χ0) is 12.0. The summed E-state index contributed by atoms with van der Waals surface area (Å²) in [6, 6.07) is 1.80. The van der Waals surface area contributed by atoms with Gasteiger partial charge in [-0.15, -0.1) is 0 Å². The summed E-state index contributed by atoms with van der Waals surface area (Å²) in [4.78, 5) is 8.40. The Labute approximate surface area is 101 Å². The number of hydrogen-bond acceptors (Lipinski definition) is 6. The minimum absolute atomic E-state index is 0.632. The van der Waals surface area contributed by atoms with Crippen LogP contribution in [0.2, 0.25) is 0 Å². The van der Waals surface area contributed by atoms with Crippen molar-refractivity contribution in [2.45, 2.75) is 25.5 Å². The van der Waals surface area contributed by atoms with Crippen molar-refractivity contribution in [2.75, 3.05) is 23.5 Å². The largest absolute Gasteiger partial charge is 0.370 e. The van der Waals surface area contributed by atoms with E-state index in [0.29, 0.717) is 16.9 Å². The molecule has 0 spiro atoms. The highest BCUT2D eigenvalue weighted by molar-refractivity contribution is 7.99. The van der Waals surface area contributed by atoms with Crippen LogP contribution >= 0.6 is 11.8 Å². The van der Waals surface area contributed by atoms with Crippen LogP contribution in [0.25, 0.3) is 0 Å². The van der Waals surface area contributed by atoms with Gasteiger partial charge in [0.05, 0.1) is 0 Å². The first-order valence-corrected chi connectivity index (χ1v) is 6.53. The summed E-state index contributed by atoms with van der Waals surface area (Å²) in [5, 5.41) is 3.92. The molecule has 16 heavy (non-hydrogen) atoms. The number of rotatable bonds is 6. The van der Waals surface area contributed by atoms with Gasteiger partial charge in [0, 0.05) is 17.9 Å². The quantitative estimate of drug-likeness (QED) is 0.519. The Morgan fingerprint density at radius 1 is 1.44 bits per heavy atom. The van der Waals surface area contributed by atoms with Gasteiger partial charge < -0.3 is 10.7 Å². The maximum Gasteiger partial charge on any atom is 0.145 e. The number of thioether (sulfide) groups is 1. The molecular formula is C10H19N5S. The van der Waals surface area contributed by atoms with E-state index in [0.717, 1.165) is 18.8 Å². The molecular weight excluding hydrogens is 222 g/mol. The molecule has 6 heteroatoms. The minimum Gasteiger partial charge on any atom is -0.370 e. The number of anilines is 2. The second-order valence-corrected chi connectivity index (χ2v) is 4.87. The van der Waals surface area contributed by atoms with Gasteiger partial charge in [-0.2, -0.15) is 11.8 Å². The number of nitrogens with zero attached hydrogens (tertiary/aromatic N) is 2. The van der Waals surface area contributed by atoms with Crippen LogP contribution in [0.3, 0.4) is 0 Å². The van der Waals surface area contributed by atoms with Crippen molar-refractivity contribution in [3.8, 4) is 0 Å². The Hall–Kier alpha value is -1.01. The lowest BCUT2D eigenvalue weighted by atomic mass is 10.3. The van der Waals surface area contributed by atoms with E-state index in [9.17, 15) is 0 Å². The van der Waals surface area contributed by atoms with Crippen LogP contribution in [0.5, 0.6) is 0 Å². The molecule has 0 saturated heterocycles. The van der Waals surface area contributed by atoms with Crippen molar-refractivity contribution in [1.29, 1.82) is 0 Å². The summed E-state index contributed by atoms with van der Waals surface area (Å²) in [5.74, 6) is 7.47. The van der Waals surface area contributed by atoms with Gasteiger partial charge in [-0.3, -0.25) is 0 Å². The molecule has 1 atom stereocenters. The lowest BCUT2D eigenvalue weighted by Crippen LogP contribution is -2.13. The van der Waals surface area contributed by atoms with Gasteiger partial charge in [0.2, 0.25) is 0 Å². The molecule has 0 radical (unpaired) electrons. The maximum absolute atomic E-state index is 5.31. The smallest absolute Gasteiger partial charge is 0.145 e. The summed E-state index contributed by atoms with van der Waals surface area (Å²) in [6.45, 7) is 4.96. The molecule has 0 aliphatic heterocycles.